The molecule has 5 heteroatoms. The van der Waals surface area contributed by atoms with Crippen LogP contribution in [0.3, 0.4) is 0 Å². The van der Waals surface area contributed by atoms with Crippen molar-refractivity contribution in [2.75, 3.05) is 5.32 Å². The van der Waals surface area contributed by atoms with Gasteiger partial charge in [0.15, 0.2) is 0 Å². The van der Waals surface area contributed by atoms with Crippen LogP contribution in [0.1, 0.15) is 48.9 Å². The summed E-state index contributed by atoms with van der Waals surface area (Å²) >= 11 is 0. The molecule has 0 aliphatic heterocycles. The standard InChI is InChI=1S/C18H21N3O2/c22-17(13-5-6-13)19-15-9-7-14(8-10-15)18(23)21-20-16(11-1-2-11)12-3-4-12/h7-13H,1-6H2,(H,19,22)(H,21,23). The number of hydrazone groups is 1. The van der Waals surface area contributed by atoms with Crippen molar-refractivity contribution < 1.29 is 9.59 Å². The maximum absolute atomic E-state index is 12.2. The summed E-state index contributed by atoms with van der Waals surface area (Å²) in [5, 5.41) is 7.24. The number of nitrogens with zero attached hydrogens (tertiary/aromatic N) is 1. The first-order valence-corrected chi connectivity index (χ1v) is 8.49. The van der Waals surface area contributed by atoms with Crippen molar-refractivity contribution in [2.45, 2.75) is 38.5 Å². The first-order valence-electron chi connectivity index (χ1n) is 8.49. The van der Waals surface area contributed by atoms with Crippen molar-refractivity contribution in [3.8, 4) is 0 Å². The average molecular weight is 311 g/mol. The van der Waals surface area contributed by atoms with Crippen molar-refractivity contribution >= 4 is 23.2 Å². The molecule has 2 amide bonds. The van der Waals surface area contributed by atoms with Crippen LogP contribution in [0.15, 0.2) is 29.4 Å². The number of rotatable bonds is 6. The Hall–Kier alpha value is -2.17. The maximum Gasteiger partial charge on any atom is 0.271 e. The summed E-state index contributed by atoms with van der Waals surface area (Å²) < 4.78 is 0. The van der Waals surface area contributed by atoms with Gasteiger partial charge < -0.3 is 5.32 Å². The Bertz CT molecular complexity index is 639. The zero-order valence-electron chi connectivity index (χ0n) is 13.0. The monoisotopic (exact) mass is 311 g/mol. The second-order valence-electron chi connectivity index (χ2n) is 6.87. The molecule has 5 nitrogen and oxygen atoms in total. The van der Waals surface area contributed by atoms with E-state index in [0.29, 0.717) is 17.4 Å². The largest absolute Gasteiger partial charge is 0.326 e. The molecule has 23 heavy (non-hydrogen) atoms. The number of hydrogen-bond acceptors (Lipinski definition) is 3. The number of carbonyl (C=O) groups is 2. The van der Waals surface area contributed by atoms with Crippen molar-refractivity contribution in [3.63, 3.8) is 0 Å². The molecule has 2 N–H and O–H groups in total. The minimum absolute atomic E-state index is 0.0744. The Morgan fingerprint density at radius 3 is 1.96 bits per heavy atom. The molecule has 1 aromatic carbocycles. The van der Waals surface area contributed by atoms with E-state index < -0.39 is 0 Å². The van der Waals surface area contributed by atoms with E-state index in [2.05, 4.69) is 15.8 Å². The van der Waals surface area contributed by atoms with E-state index >= 15 is 0 Å². The molecule has 0 unspecified atom stereocenters. The fraction of sp³-hybridized carbons (Fsp3) is 0.500. The average Bonchev–Trinajstić information content (AvgIpc) is 3.40. The Labute approximate surface area is 135 Å². The highest BCUT2D eigenvalue weighted by Gasteiger charge is 2.38. The molecule has 0 spiro atoms. The zero-order valence-corrected chi connectivity index (χ0v) is 13.0. The predicted octanol–water partition coefficient (Wildman–Crippen LogP) is 2.94. The van der Waals surface area contributed by atoms with E-state index in [1.165, 1.54) is 31.4 Å². The Morgan fingerprint density at radius 1 is 0.870 bits per heavy atom. The summed E-state index contributed by atoms with van der Waals surface area (Å²) in [6.07, 6.45) is 6.80. The van der Waals surface area contributed by atoms with Gasteiger partial charge in [-0.05, 0) is 74.6 Å². The Kier molecular flexibility index (Phi) is 3.63. The molecule has 0 heterocycles. The summed E-state index contributed by atoms with van der Waals surface area (Å²) in [5.41, 5.74) is 5.17. The molecule has 0 aromatic heterocycles. The van der Waals surface area contributed by atoms with Crippen LogP contribution < -0.4 is 10.7 Å². The molecular formula is C18H21N3O2. The van der Waals surface area contributed by atoms with Gasteiger partial charge in [0.05, 0.1) is 0 Å². The van der Waals surface area contributed by atoms with Gasteiger partial charge in [0.2, 0.25) is 5.91 Å². The highest BCUT2D eigenvalue weighted by Crippen LogP contribution is 2.41. The smallest absolute Gasteiger partial charge is 0.271 e. The van der Waals surface area contributed by atoms with E-state index in [0.717, 1.165) is 18.5 Å². The number of hydrogen-bond donors (Lipinski definition) is 2. The molecule has 0 bridgehead atoms. The van der Waals surface area contributed by atoms with Gasteiger partial charge in [0.25, 0.3) is 5.91 Å². The van der Waals surface area contributed by atoms with Gasteiger partial charge in [-0.1, -0.05) is 0 Å². The summed E-state index contributed by atoms with van der Waals surface area (Å²) in [7, 11) is 0. The van der Waals surface area contributed by atoms with Crippen LogP contribution in [0.4, 0.5) is 5.69 Å². The maximum atomic E-state index is 12.2. The molecular weight excluding hydrogens is 290 g/mol. The fourth-order valence-electron chi connectivity index (χ4n) is 2.75. The van der Waals surface area contributed by atoms with Gasteiger partial charge in [-0.2, -0.15) is 5.10 Å². The van der Waals surface area contributed by atoms with Crippen molar-refractivity contribution in [3.05, 3.63) is 29.8 Å². The van der Waals surface area contributed by atoms with E-state index in [-0.39, 0.29) is 17.7 Å². The lowest BCUT2D eigenvalue weighted by atomic mass is 10.1. The second-order valence-corrected chi connectivity index (χ2v) is 6.87. The van der Waals surface area contributed by atoms with Crippen LogP contribution in [-0.2, 0) is 4.79 Å². The summed E-state index contributed by atoms with van der Waals surface area (Å²) in [6, 6.07) is 6.98. The van der Waals surface area contributed by atoms with Crippen molar-refractivity contribution in [1.82, 2.24) is 5.43 Å². The third kappa shape index (κ3) is 3.60. The topological polar surface area (TPSA) is 70.6 Å². The predicted molar refractivity (Wildman–Crippen MR) is 88.1 cm³/mol. The van der Waals surface area contributed by atoms with Gasteiger partial charge in [0.1, 0.15) is 0 Å². The molecule has 3 aliphatic carbocycles. The van der Waals surface area contributed by atoms with Crippen molar-refractivity contribution in [1.29, 1.82) is 0 Å². The summed E-state index contributed by atoms with van der Waals surface area (Å²) in [4.78, 5) is 23.9. The highest BCUT2D eigenvalue weighted by atomic mass is 16.2. The van der Waals surface area contributed by atoms with Gasteiger partial charge in [-0.15, -0.1) is 0 Å². The third-order valence-corrected chi connectivity index (χ3v) is 4.64. The van der Waals surface area contributed by atoms with Gasteiger partial charge in [-0.25, -0.2) is 5.43 Å². The van der Waals surface area contributed by atoms with E-state index in [9.17, 15) is 9.59 Å². The fourth-order valence-corrected chi connectivity index (χ4v) is 2.75. The number of amides is 2. The van der Waals surface area contributed by atoms with E-state index in [1.54, 1.807) is 24.3 Å². The SMILES string of the molecule is O=C(NN=C(C1CC1)C1CC1)c1ccc(NC(=O)C2CC2)cc1. The molecule has 3 saturated carbocycles. The summed E-state index contributed by atoms with van der Waals surface area (Å²) in [6.45, 7) is 0. The van der Waals surface area contributed by atoms with Gasteiger partial charge >= 0.3 is 0 Å². The van der Waals surface area contributed by atoms with Crippen LogP contribution in [0.25, 0.3) is 0 Å². The van der Waals surface area contributed by atoms with E-state index in [1.807, 2.05) is 0 Å². The van der Waals surface area contributed by atoms with Gasteiger partial charge in [0, 0.05) is 22.9 Å². The minimum atomic E-state index is -0.191. The van der Waals surface area contributed by atoms with Crippen LogP contribution >= 0.6 is 0 Å². The Morgan fingerprint density at radius 2 is 1.43 bits per heavy atom. The first-order chi connectivity index (χ1) is 11.2. The lowest BCUT2D eigenvalue weighted by molar-refractivity contribution is -0.117. The molecule has 3 fully saturated rings. The lowest BCUT2D eigenvalue weighted by Crippen LogP contribution is -2.21. The lowest BCUT2D eigenvalue weighted by Gasteiger charge is -2.06. The molecule has 3 aliphatic rings. The second kappa shape index (κ2) is 5.80. The van der Waals surface area contributed by atoms with Crippen molar-refractivity contribution in [2.24, 2.45) is 22.9 Å². The molecule has 120 valence electrons. The molecule has 0 radical (unpaired) electrons. The quantitative estimate of drug-likeness (QED) is 0.626. The third-order valence-electron chi connectivity index (χ3n) is 4.64. The van der Waals surface area contributed by atoms with Gasteiger partial charge in [-0.3, -0.25) is 9.59 Å². The number of carbonyl (C=O) groups excluding carboxylic acids is 2. The normalized spacial score (nSPS) is 19.8. The highest BCUT2D eigenvalue weighted by molar-refractivity contribution is 5.98. The van der Waals surface area contributed by atoms with Crippen LogP contribution in [0.5, 0.6) is 0 Å². The zero-order chi connectivity index (χ0) is 15.8. The number of nitrogens with one attached hydrogen (secondary N) is 2. The molecule has 1 aromatic rings. The minimum Gasteiger partial charge on any atom is -0.326 e. The first kappa shape index (κ1) is 14.4. The molecule has 4 rings (SSSR count). The Balaban J connectivity index is 1.36. The molecule has 0 saturated heterocycles. The van der Waals surface area contributed by atoms with Crippen LogP contribution in [-0.4, -0.2) is 17.5 Å². The summed E-state index contributed by atoms with van der Waals surface area (Å²) in [5.74, 6) is 1.26. The number of anilines is 1. The van der Waals surface area contributed by atoms with E-state index in [4.69, 9.17) is 0 Å². The number of benzene rings is 1. The molecule has 0 atom stereocenters. The van der Waals surface area contributed by atoms with Crippen LogP contribution in [0.2, 0.25) is 0 Å². The van der Waals surface area contributed by atoms with Crippen LogP contribution in [0, 0.1) is 17.8 Å².